The molecule has 0 spiro atoms. The van der Waals surface area contributed by atoms with Crippen LogP contribution < -0.4 is 12.3 Å². The Labute approximate surface area is 34.8 Å². The number of carboxylic acid groups (broad SMARTS) is 2. The summed E-state index contributed by atoms with van der Waals surface area (Å²) >= 11 is 0. The van der Waals surface area contributed by atoms with Gasteiger partial charge in [-0.25, -0.2) is 4.79 Å². The number of hydrogen-bond donors (Lipinski definition) is 4. The fourth-order valence-electron chi connectivity index (χ4n) is 0. The minimum absolute atomic E-state index is 0. The summed E-state index contributed by atoms with van der Waals surface area (Å²) in [5.41, 5.74) is 0. The summed E-state index contributed by atoms with van der Waals surface area (Å²) in [6.07, 6.45) is -1.83. The summed E-state index contributed by atoms with van der Waals surface area (Å²) in [6, 6.07) is 0. The summed E-state index contributed by atoms with van der Waals surface area (Å²) in [5, 5.41) is 13.9. The van der Waals surface area contributed by atoms with Gasteiger partial charge < -0.3 is 22.5 Å². The van der Waals surface area contributed by atoms with Gasteiger partial charge in [-0.2, -0.15) is 0 Å². The van der Waals surface area contributed by atoms with Crippen molar-refractivity contribution in [2.24, 2.45) is 0 Å². The molecule has 0 saturated heterocycles. The third kappa shape index (κ3) is 23.3. The topological polar surface area (TPSA) is 131 Å². The van der Waals surface area contributed by atoms with E-state index >= 15 is 0 Å². The summed E-state index contributed by atoms with van der Waals surface area (Å²) in [4.78, 5) is 8.56. The van der Waals surface area contributed by atoms with Crippen LogP contribution in [0.25, 0.3) is 0 Å². The zero-order chi connectivity index (χ0) is 3.58. The van der Waals surface area contributed by atoms with Gasteiger partial charge in [0.1, 0.15) is 0 Å². The molecule has 6 heavy (non-hydrogen) atoms. The molecule has 0 aliphatic carbocycles. The minimum atomic E-state index is -1.83. The fraction of sp³-hybridized carbons (Fsp3) is 0. The lowest BCUT2D eigenvalue weighted by molar-refractivity contribution is 0.137. The van der Waals surface area contributed by atoms with Crippen molar-refractivity contribution in [1.82, 2.24) is 12.3 Å². The lowest BCUT2D eigenvalue weighted by Gasteiger charge is -1.60. The van der Waals surface area contributed by atoms with Gasteiger partial charge in [0, 0.05) is 0 Å². The molecule has 0 bridgehead atoms. The summed E-state index contributed by atoms with van der Waals surface area (Å²) < 4.78 is 0. The van der Waals surface area contributed by atoms with Crippen LogP contribution in [0.15, 0.2) is 0 Å². The van der Waals surface area contributed by atoms with E-state index in [0.29, 0.717) is 0 Å². The Hall–Kier alpha value is -0.810. The van der Waals surface area contributed by atoms with Crippen molar-refractivity contribution in [3.8, 4) is 0 Å². The van der Waals surface area contributed by atoms with Crippen LogP contribution in [0.3, 0.4) is 0 Å². The Morgan fingerprint density at radius 2 is 1.17 bits per heavy atom. The van der Waals surface area contributed by atoms with E-state index in [1.165, 1.54) is 0 Å². The van der Waals surface area contributed by atoms with Gasteiger partial charge in [0.25, 0.3) is 0 Å². The van der Waals surface area contributed by atoms with Crippen LogP contribution in [-0.2, 0) is 0 Å². The molecule has 0 radical (unpaired) electrons. The van der Waals surface area contributed by atoms with Crippen LogP contribution in [0, 0.1) is 0 Å². The van der Waals surface area contributed by atoms with E-state index in [4.69, 9.17) is 15.0 Å². The normalized spacial score (nSPS) is 4.00. The highest BCUT2D eigenvalue weighted by Crippen LogP contribution is 1.42. The molecule has 40 valence electrons. The molecule has 0 aliphatic rings. The molecule has 0 aromatic heterocycles. The summed E-state index contributed by atoms with van der Waals surface area (Å²) in [7, 11) is 0. The lowest BCUT2D eigenvalue weighted by atomic mass is 11.5. The first-order valence-corrected chi connectivity index (χ1v) is 0.651. The average Bonchev–Trinajstić information content (AvgIpc) is 0.811. The first-order valence-electron chi connectivity index (χ1n) is 0.651. The van der Waals surface area contributed by atoms with Crippen LogP contribution in [0.2, 0.25) is 0 Å². The monoisotopic (exact) mass is 98.1 g/mol. The van der Waals surface area contributed by atoms with Gasteiger partial charge >= 0.3 is 6.16 Å². The zero-order valence-corrected chi connectivity index (χ0v) is 3.80. The molecular weight excluding hydrogens is 88.0 g/mol. The van der Waals surface area contributed by atoms with Gasteiger partial charge in [0.15, 0.2) is 0 Å². The van der Waals surface area contributed by atoms with E-state index < -0.39 is 6.16 Å². The molecule has 0 heterocycles. The Morgan fingerprint density at radius 1 is 1.17 bits per heavy atom. The second-order valence-corrected chi connectivity index (χ2v) is 0.283. The molecule has 0 fully saturated rings. The van der Waals surface area contributed by atoms with Crippen molar-refractivity contribution >= 4 is 6.16 Å². The quantitative estimate of drug-likeness (QED) is 0.360. The van der Waals surface area contributed by atoms with Crippen LogP contribution >= 0.6 is 0 Å². The zero-order valence-electron chi connectivity index (χ0n) is 3.80. The van der Waals surface area contributed by atoms with E-state index in [2.05, 4.69) is 0 Å². The van der Waals surface area contributed by atoms with Crippen molar-refractivity contribution in [2.75, 3.05) is 0 Å². The predicted molar refractivity (Wildman–Crippen MR) is 22.6 cm³/mol. The maximum atomic E-state index is 8.56. The van der Waals surface area contributed by atoms with Crippen LogP contribution in [-0.4, -0.2) is 16.4 Å². The maximum Gasteiger partial charge on any atom is 0.503 e. The van der Waals surface area contributed by atoms with Gasteiger partial charge in [-0.1, -0.05) is 0 Å². The highest BCUT2D eigenvalue weighted by molar-refractivity contribution is 5.53. The highest BCUT2D eigenvalue weighted by atomic mass is 16.6. The van der Waals surface area contributed by atoms with Gasteiger partial charge in [-0.3, -0.25) is 0 Å². The van der Waals surface area contributed by atoms with Gasteiger partial charge in [0.2, 0.25) is 0 Å². The van der Waals surface area contributed by atoms with Gasteiger partial charge in [-0.15, -0.1) is 0 Å². The standard InChI is InChI=1S/CH2O3.2H3N/c2-1(3)4;;/h(H2,2,3,4);2*1H3/p+2. The van der Waals surface area contributed by atoms with Gasteiger partial charge in [0.05, 0.1) is 0 Å². The van der Waals surface area contributed by atoms with Crippen molar-refractivity contribution in [2.45, 2.75) is 0 Å². The minimum Gasteiger partial charge on any atom is -0.450 e. The average molecular weight is 98.1 g/mol. The molecule has 0 unspecified atom stereocenters. The van der Waals surface area contributed by atoms with E-state index in [1.807, 2.05) is 0 Å². The number of hydrogen-bond acceptors (Lipinski definition) is 1. The molecule has 0 aliphatic heterocycles. The van der Waals surface area contributed by atoms with Crippen LogP contribution in [0.4, 0.5) is 4.79 Å². The Bertz CT molecular complexity index is 31.8. The highest BCUT2D eigenvalue weighted by Gasteiger charge is 1.70. The fourth-order valence-corrected chi connectivity index (χ4v) is 0. The van der Waals surface area contributed by atoms with Crippen LogP contribution in [0.5, 0.6) is 0 Å². The van der Waals surface area contributed by atoms with Gasteiger partial charge in [-0.05, 0) is 0 Å². The number of quaternary nitrogens is 2. The van der Waals surface area contributed by atoms with Crippen molar-refractivity contribution < 1.29 is 15.0 Å². The predicted octanol–water partition coefficient (Wildman–Crippen LogP) is 0.975. The lowest BCUT2D eigenvalue weighted by Crippen LogP contribution is -1.81. The SMILES string of the molecule is O=C(O)O.[NH4+].[NH4+]. The maximum absolute atomic E-state index is 8.56. The molecule has 10 N–H and O–H groups in total. The summed E-state index contributed by atoms with van der Waals surface area (Å²) in [5.74, 6) is 0. The molecule has 0 aromatic carbocycles. The third-order valence-electron chi connectivity index (χ3n) is 0. The molecule has 5 nitrogen and oxygen atoms in total. The molecule has 0 rings (SSSR count). The Kier molecular flexibility index (Phi) is 28.1. The number of carbonyl (C=O) groups is 1. The van der Waals surface area contributed by atoms with E-state index in [0.717, 1.165) is 0 Å². The summed E-state index contributed by atoms with van der Waals surface area (Å²) in [6.45, 7) is 0. The molecule has 0 aromatic rings. The Morgan fingerprint density at radius 3 is 1.17 bits per heavy atom. The van der Waals surface area contributed by atoms with Crippen molar-refractivity contribution in [3.63, 3.8) is 0 Å². The van der Waals surface area contributed by atoms with E-state index in [1.54, 1.807) is 0 Å². The smallest absolute Gasteiger partial charge is 0.450 e. The largest absolute Gasteiger partial charge is 0.503 e. The molecule has 0 atom stereocenters. The second-order valence-electron chi connectivity index (χ2n) is 0.283. The molecular formula is CH10N2O3+2. The third-order valence-corrected chi connectivity index (χ3v) is 0. The van der Waals surface area contributed by atoms with E-state index in [-0.39, 0.29) is 12.3 Å². The molecule has 0 saturated carbocycles. The first kappa shape index (κ1) is 19.0. The number of rotatable bonds is 0. The van der Waals surface area contributed by atoms with Crippen LogP contribution in [0.1, 0.15) is 0 Å². The molecule has 0 amide bonds. The van der Waals surface area contributed by atoms with Crippen molar-refractivity contribution in [1.29, 1.82) is 0 Å². The second kappa shape index (κ2) is 8.89. The van der Waals surface area contributed by atoms with E-state index in [9.17, 15) is 0 Å². The first-order chi connectivity index (χ1) is 1.73. The molecule has 5 heteroatoms. The van der Waals surface area contributed by atoms with Crippen molar-refractivity contribution in [3.05, 3.63) is 0 Å². The Balaban J connectivity index is -0.0000000450.